The Balaban J connectivity index is 0.00000180. The molecule has 5 heteroatoms. The first kappa shape index (κ1) is 17.2. The molecule has 2 aliphatic heterocycles. The SMILES string of the molecule is CCCC1(NCC2CCNC(=O)CC2)CCOC1.I. The first-order chi connectivity index (χ1) is 8.74. The van der Waals surface area contributed by atoms with Crippen LogP contribution in [-0.2, 0) is 9.53 Å². The van der Waals surface area contributed by atoms with Crippen molar-refractivity contribution in [1.29, 1.82) is 0 Å². The van der Waals surface area contributed by atoms with Crippen LogP contribution in [0.5, 0.6) is 0 Å². The number of halogens is 1. The van der Waals surface area contributed by atoms with Gasteiger partial charge < -0.3 is 15.4 Å². The van der Waals surface area contributed by atoms with Crippen LogP contribution in [0.25, 0.3) is 0 Å². The molecule has 2 atom stereocenters. The van der Waals surface area contributed by atoms with E-state index in [0.717, 1.165) is 45.6 Å². The highest BCUT2D eigenvalue weighted by Crippen LogP contribution is 2.25. The highest BCUT2D eigenvalue weighted by Gasteiger charge is 2.34. The first-order valence-electron chi connectivity index (χ1n) is 7.33. The lowest BCUT2D eigenvalue weighted by molar-refractivity contribution is -0.120. The minimum atomic E-state index is 0. The van der Waals surface area contributed by atoms with Gasteiger partial charge in [0.1, 0.15) is 0 Å². The molecule has 2 N–H and O–H groups in total. The summed E-state index contributed by atoms with van der Waals surface area (Å²) in [5.74, 6) is 0.836. The summed E-state index contributed by atoms with van der Waals surface area (Å²) in [6.07, 6.45) is 6.32. The molecule has 4 nitrogen and oxygen atoms in total. The van der Waals surface area contributed by atoms with Gasteiger partial charge in [-0.25, -0.2) is 0 Å². The van der Waals surface area contributed by atoms with Crippen molar-refractivity contribution in [2.24, 2.45) is 5.92 Å². The molecular formula is C14H27IN2O2. The largest absolute Gasteiger partial charge is 0.379 e. The Morgan fingerprint density at radius 3 is 3.00 bits per heavy atom. The van der Waals surface area contributed by atoms with E-state index in [1.54, 1.807) is 0 Å². The molecule has 0 aromatic carbocycles. The summed E-state index contributed by atoms with van der Waals surface area (Å²) >= 11 is 0. The number of carbonyl (C=O) groups is 1. The summed E-state index contributed by atoms with van der Waals surface area (Å²) in [4.78, 5) is 11.3. The zero-order valence-corrected chi connectivity index (χ0v) is 14.2. The predicted octanol–water partition coefficient (Wildman–Crippen LogP) is 2.07. The lowest BCUT2D eigenvalue weighted by Crippen LogP contribution is -2.47. The minimum absolute atomic E-state index is 0. The molecule has 0 spiro atoms. The molecule has 1 amide bonds. The van der Waals surface area contributed by atoms with E-state index in [1.165, 1.54) is 12.8 Å². The quantitative estimate of drug-likeness (QED) is 0.716. The average molecular weight is 382 g/mol. The third kappa shape index (κ3) is 5.19. The number of hydrogen-bond donors (Lipinski definition) is 2. The molecular weight excluding hydrogens is 355 g/mol. The van der Waals surface area contributed by atoms with Gasteiger partial charge >= 0.3 is 0 Å². The van der Waals surface area contributed by atoms with Crippen molar-refractivity contribution in [2.75, 3.05) is 26.3 Å². The Hall–Kier alpha value is 0.120. The van der Waals surface area contributed by atoms with Crippen LogP contribution in [0, 0.1) is 5.92 Å². The molecule has 0 aromatic heterocycles. The zero-order chi connectivity index (χ0) is 12.8. The topological polar surface area (TPSA) is 50.4 Å². The van der Waals surface area contributed by atoms with Gasteiger partial charge in [-0.2, -0.15) is 0 Å². The van der Waals surface area contributed by atoms with Crippen molar-refractivity contribution in [3.8, 4) is 0 Å². The van der Waals surface area contributed by atoms with Crippen molar-refractivity contribution in [3.63, 3.8) is 0 Å². The van der Waals surface area contributed by atoms with Gasteiger partial charge in [0.05, 0.1) is 6.61 Å². The molecule has 112 valence electrons. The van der Waals surface area contributed by atoms with Crippen molar-refractivity contribution in [1.82, 2.24) is 10.6 Å². The zero-order valence-electron chi connectivity index (χ0n) is 11.9. The van der Waals surface area contributed by atoms with Gasteiger partial charge in [-0.3, -0.25) is 4.79 Å². The normalized spacial score (nSPS) is 31.4. The van der Waals surface area contributed by atoms with E-state index in [-0.39, 0.29) is 35.4 Å². The second-order valence-corrected chi connectivity index (χ2v) is 5.76. The second-order valence-electron chi connectivity index (χ2n) is 5.76. The Bertz CT molecular complexity index is 281. The van der Waals surface area contributed by atoms with Crippen molar-refractivity contribution >= 4 is 29.9 Å². The van der Waals surface area contributed by atoms with E-state index in [0.29, 0.717) is 12.3 Å². The maximum Gasteiger partial charge on any atom is 0.220 e. The third-order valence-electron chi connectivity index (χ3n) is 4.25. The summed E-state index contributed by atoms with van der Waals surface area (Å²) < 4.78 is 5.57. The van der Waals surface area contributed by atoms with E-state index in [1.807, 2.05) is 0 Å². The number of carbonyl (C=O) groups excluding carboxylic acids is 1. The fourth-order valence-electron chi connectivity index (χ4n) is 3.06. The van der Waals surface area contributed by atoms with Gasteiger partial charge in [0.2, 0.25) is 5.91 Å². The standard InChI is InChI=1S/C14H26N2O2.HI/c1-2-6-14(7-9-18-11-14)16-10-12-3-4-13(17)15-8-5-12;/h12,16H,2-11H2,1H3,(H,15,17);1H. The van der Waals surface area contributed by atoms with E-state index >= 15 is 0 Å². The molecule has 0 radical (unpaired) electrons. The molecule has 2 unspecified atom stereocenters. The predicted molar refractivity (Wildman–Crippen MR) is 86.8 cm³/mol. The Labute approximate surface area is 133 Å². The highest BCUT2D eigenvalue weighted by atomic mass is 127. The number of rotatable bonds is 5. The summed E-state index contributed by atoms with van der Waals surface area (Å²) in [7, 11) is 0. The molecule has 0 saturated carbocycles. The first-order valence-corrected chi connectivity index (χ1v) is 7.33. The van der Waals surface area contributed by atoms with Crippen LogP contribution in [0.4, 0.5) is 0 Å². The van der Waals surface area contributed by atoms with Crippen LogP contribution in [0.1, 0.15) is 45.4 Å². The monoisotopic (exact) mass is 382 g/mol. The maximum absolute atomic E-state index is 11.3. The molecule has 0 bridgehead atoms. The molecule has 19 heavy (non-hydrogen) atoms. The van der Waals surface area contributed by atoms with Crippen LogP contribution in [0.2, 0.25) is 0 Å². The molecule has 2 heterocycles. The van der Waals surface area contributed by atoms with Crippen molar-refractivity contribution in [2.45, 2.75) is 51.0 Å². The van der Waals surface area contributed by atoms with Crippen LogP contribution in [0.15, 0.2) is 0 Å². The maximum atomic E-state index is 11.3. The fraction of sp³-hybridized carbons (Fsp3) is 0.929. The van der Waals surface area contributed by atoms with Crippen LogP contribution in [0.3, 0.4) is 0 Å². The Morgan fingerprint density at radius 1 is 1.47 bits per heavy atom. The van der Waals surface area contributed by atoms with Gasteiger partial charge in [-0.1, -0.05) is 13.3 Å². The number of nitrogens with one attached hydrogen (secondary N) is 2. The van der Waals surface area contributed by atoms with E-state index in [4.69, 9.17) is 4.74 Å². The lowest BCUT2D eigenvalue weighted by Gasteiger charge is -2.30. The summed E-state index contributed by atoms with van der Waals surface area (Å²) in [6.45, 7) is 5.83. The van der Waals surface area contributed by atoms with Crippen LogP contribution in [-0.4, -0.2) is 37.7 Å². The average Bonchev–Trinajstić information content (AvgIpc) is 2.71. The number of hydrogen-bond acceptors (Lipinski definition) is 3. The van der Waals surface area contributed by atoms with Gasteiger partial charge in [-0.05, 0) is 38.1 Å². The van der Waals surface area contributed by atoms with E-state index in [9.17, 15) is 4.79 Å². The Morgan fingerprint density at radius 2 is 2.32 bits per heavy atom. The van der Waals surface area contributed by atoms with Gasteiger partial charge in [0.25, 0.3) is 0 Å². The molecule has 0 aromatic rings. The molecule has 2 fully saturated rings. The van der Waals surface area contributed by atoms with E-state index < -0.39 is 0 Å². The summed E-state index contributed by atoms with van der Waals surface area (Å²) in [5, 5.41) is 6.69. The van der Waals surface area contributed by atoms with Gasteiger partial charge in [0, 0.05) is 25.1 Å². The van der Waals surface area contributed by atoms with Crippen LogP contribution >= 0.6 is 24.0 Å². The molecule has 2 aliphatic rings. The van der Waals surface area contributed by atoms with Gasteiger partial charge in [0.15, 0.2) is 0 Å². The number of amides is 1. The molecule has 2 saturated heterocycles. The highest BCUT2D eigenvalue weighted by molar-refractivity contribution is 14.0. The molecule has 2 rings (SSSR count). The fourth-order valence-corrected chi connectivity index (χ4v) is 3.06. The third-order valence-corrected chi connectivity index (χ3v) is 4.25. The second kappa shape index (κ2) is 8.42. The van der Waals surface area contributed by atoms with E-state index in [2.05, 4.69) is 17.6 Å². The van der Waals surface area contributed by atoms with Crippen molar-refractivity contribution in [3.05, 3.63) is 0 Å². The van der Waals surface area contributed by atoms with Crippen molar-refractivity contribution < 1.29 is 9.53 Å². The smallest absolute Gasteiger partial charge is 0.220 e. The lowest BCUT2D eigenvalue weighted by atomic mass is 9.91. The summed E-state index contributed by atoms with van der Waals surface area (Å²) in [5.41, 5.74) is 0.207. The van der Waals surface area contributed by atoms with Crippen LogP contribution < -0.4 is 10.6 Å². The number of ether oxygens (including phenoxy) is 1. The summed E-state index contributed by atoms with van der Waals surface area (Å²) in [6, 6.07) is 0. The Kier molecular flexibility index (Phi) is 7.61. The minimum Gasteiger partial charge on any atom is -0.379 e. The van der Waals surface area contributed by atoms with Gasteiger partial charge in [-0.15, -0.1) is 24.0 Å². The molecule has 0 aliphatic carbocycles.